The number of nitrogens with zero attached hydrogens (tertiary/aromatic N) is 2. The molecule has 0 aliphatic heterocycles. The van der Waals surface area contributed by atoms with Crippen molar-refractivity contribution in [2.75, 3.05) is 0 Å². The fraction of sp³-hybridized carbons (Fsp3) is 0.231. The summed E-state index contributed by atoms with van der Waals surface area (Å²) in [5, 5.41) is 8.34. The van der Waals surface area contributed by atoms with Gasteiger partial charge >= 0.3 is 0 Å². The quantitative estimate of drug-likeness (QED) is 0.856. The van der Waals surface area contributed by atoms with E-state index in [9.17, 15) is 8.42 Å². The number of nitrogens with one attached hydrogen (secondary N) is 1. The monoisotopic (exact) mass is 292 g/mol. The maximum atomic E-state index is 11.1. The second-order valence-corrected chi connectivity index (χ2v) is 5.98. The van der Waals surface area contributed by atoms with E-state index in [1.54, 1.807) is 30.7 Å². The van der Waals surface area contributed by atoms with Crippen molar-refractivity contribution < 1.29 is 8.42 Å². The lowest BCUT2D eigenvalue weighted by atomic mass is 10.2. The molecule has 106 valence electrons. The average Bonchev–Trinajstić information content (AvgIpc) is 2.45. The second-order valence-electron chi connectivity index (χ2n) is 4.42. The Morgan fingerprint density at radius 3 is 2.50 bits per heavy atom. The molecular weight excluding hydrogens is 276 g/mol. The van der Waals surface area contributed by atoms with Crippen LogP contribution < -0.4 is 10.5 Å². The lowest BCUT2D eigenvalue weighted by Gasteiger charge is -2.12. The summed E-state index contributed by atoms with van der Waals surface area (Å²) in [5.41, 5.74) is 1.82. The van der Waals surface area contributed by atoms with Crippen LogP contribution >= 0.6 is 0 Å². The Hall–Kier alpha value is -1.83. The molecule has 7 heteroatoms. The van der Waals surface area contributed by atoms with Gasteiger partial charge < -0.3 is 5.32 Å². The average molecular weight is 292 g/mol. The van der Waals surface area contributed by atoms with E-state index in [-0.39, 0.29) is 10.9 Å². The minimum Gasteiger partial charge on any atom is -0.305 e. The fourth-order valence-corrected chi connectivity index (χ4v) is 2.22. The molecule has 3 N–H and O–H groups in total. The van der Waals surface area contributed by atoms with E-state index in [1.165, 1.54) is 12.1 Å². The molecule has 6 nitrogen and oxygen atoms in total. The van der Waals surface area contributed by atoms with E-state index < -0.39 is 10.0 Å². The molecule has 1 heterocycles. The number of rotatable bonds is 5. The summed E-state index contributed by atoms with van der Waals surface area (Å²) in [7, 11) is -3.63. The molecular formula is C13H16N4O2S. The fourth-order valence-electron chi connectivity index (χ4n) is 1.71. The largest absolute Gasteiger partial charge is 0.305 e. The Morgan fingerprint density at radius 2 is 1.95 bits per heavy atom. The minimum atomic E-state index is -3.63. The Bertz CT molecular complexity index is 657. The summed E-state index contributed by atoms with van der Waals surface area (Å²) in [6.07, 6.45) is 4.98. The zero-order chi connectivity index (χ0) is 14.6. The highest BCUT2D eigenvalue weighted by molar-refractivity contribution is 7.89. The van der Waals surface area contributed by atoms with Crippen molar-refractivity contribution in [1.82, 2.24) is 15.3 Å². The summed E-state index contributed by atoms with van der Waals surface area (Å²) in [6.45, 7) is 2.59. The Labute approximate surface area is 118 Å². The Morgan fingerprint density at radius 1 is 1.25 bits per heavy atom. The topological polar surface area (TPSA) is 98.0 Å². The van der Waals surface area contributed by atoms with Crippen molar-refractivity contribution in [3.63, 3.8) is 0 Å². The SMILES string of the molecule is CC(NCc1ccc(S(N)(=O)=O)cc1)c1cnccn1. The standard InChI is InChI=1S/C13H16N4O2S/c1-10(13-9-15-6-7-16-13)17-8-11-2-4-12(5-3-11)20(14,18)19/h2-7,9-10,17H,8H2,1H3,(H2,14,18,19). The highest BCUT2D eigenvalue weighted by Gasteiger charge is 2.08. The van der Waals surface area contributed by atoms with Crippen LogP contribution in [-0.4, -0.2) is 18.4 Å². The van der Waals surface area contributed by atoms with Crippen molar-refractivity contribution >= 4 is 10.0 Å². The maximum absolute atomic E-state index is 11.1. The lowest BCUT2D eigenvalue weighted by molar-refractivity contribution is 0.559. The van der Waals surface area contributed by atoms with Crippen molar-refractivity contribution in [2.45, 2.75) is 24.4 Å². The van der Waals surface area contributed by atoms with Crippen LogP contribution in [0, 0.1) is 0 Å². The van der Waals surface area contributed by atoms with E-state index in [2.05, 4.69) is 15.3 Å². The van der Waals surface area contributed by atoms with Crippen molar-refractivity contribution in [1.29, 1.82) is 0 Å². The summed E-state index contributed by atoms with van der Waals surface area (Å²) < 4.78 is 22.3. The summed E-state index contributed by atoms with van der Waals surface area (Å²) in [4.78, 5) is 8.35. The van der Waals surface area contributed by atoms with Crippen molar-refractivity contribution in [3.05, 3.63) is 54.1 Å². The number of sulfonamides is 1. The molecule has 1 unspecified atom stereocenters. The zero-order valence-electron chi connectivity index (χ0n) is 11.0. The first kappa shape index (κ1) is 14.6. The van der Waals surface area contributed by atoms with Gasteiger partial charge in [0.2, 0.25) is 10.0 Å². The number of nitrogens with two attached hydrogens (primary N) is 1. The molecule has 2 rings (SSSR count). The maximum Gasteiger partial charge on any atom is 0.238 e. The highest BCUT2D eigenvalue weighted by atomic mass is 32.2. The van der Waals surface area contributed by atoms with Crippen molar-refractivity contribution in [2.24, 2.45) is 5.14 Å². The third-order valence-electron chi connectivity index (χ3n) is 2.89. The molecule has 20 heavy (non-hydrogen) atoms. The van der Waals surface area contributed by atoms with Gasteiger partial charge in [-0.1, -0.05) is 12.1 Å². The zero-order valence-corrected chi connectivity index (χ0v) is 11.8. The molecule has 0 spiro atoms. The van der Waals surface area contributed by atoms with Crippen molar-refractivity contribution in [3.8, 4) is 0 Å². The number of hydrogen-bond acceptors (Lipinski definition) is 5. The van der Waals surface area contributed by atoms with Gasteiger partial charge in [0.05, 0.1) is 10.6 Å². The van der Waals surface area contributed by atoms with E-state index in [0.29, 0.717) is 6.54 Å². The molecule has 0 fully saturated rings. The molecule has 0 aliphatic rings. The first-order valence-electron chi connectivity index (χ1n) is 6.08. The Kier molecular flexibility index (Phi) is 4.43. The predicted molar refractivity (Wildman–Crippen MR) is 75.1 cm³/mol. The van der Waals surface area contributed by atoms with Gasteiger partial charge in [0.25, 0.3) is 0 Å². The van der Waals surface area contributed by atoms with Crippen LogP contribution in [0.4, 0.5) is 0 Å². The molecule has 1 atom stereocenters. The summed E-state index contributed by atoms with van der Waals surface area (Å²) in [5.74, 6) is 0. The van der Waals surface area contributed by atoms with E-state index in [4.69, 9.17) is 5.14 Å². The van der Waals surface area contributed by atoms with Crippen LogP contribution in [0.2, 0.25) is 0 Å². The van der Waals surface area contributed by atoms with Gasteiger partial charge in [0.1, 0.15) is 0 Å². The van der Waals surface area contributed by atoms with Gasteiger partial charge in [0.15, 0.2) is 0 Å². The third kappa shape index (κ3) is 3.83. The van der Waals surface area contributed by atoms with E-state index >= 15 is 0 Å². The van der Waals surface area contributed by atoms with Crippen LogP contribution in [-0.2, 0) is 16.6 Å². The molecule has 0 amide bonds. The van der Waals surface area contributed by atoms with E-state index in [1.807, 2.05) is 6.92 Å². The number of hydrogen-bond donors (Lipinski definition) is 2. The van der Waals surface area contributed by atoms with Gasteiger partial charge in [-0.25, -0.2) is 13.6 Å². The molecule has 1 aromatic heterocycles. The van der Waals surface area contributed by atoms with Gasteiger partial charge in [0, 0.05) is 31.2 Å². The number of aromatic nitrogens is 2. The summed E-state index contributed by atoms with van der Waals surface area (Å²) in [6, 6.07) is 6.52. The lowest BCUT2D eigenvalue weighted by Crippen LogP contribution is -2.19. The van der Waals surface area contributed by atoms with Crippen LogP contribution in [0.1, 0.15) is 24.2 Å². The number of primary sulfonamides is 1. The van der Waals surface area contributed by atoms with E-state index in [0.717, 1.165) is 11.3 Å². The van der Waals surface area contributed by atoms with Gasteiger partial charge in [-0.3, -0.25) is 9.97 Å². The first-order chi connectivity index (χ1) is 9.47. The highest BCUT2D eigenvalue weighted by Crippen LogP contribution is 2.11. The molecule has 2 aromatic rings. The third-order valence-corrected chi connectivity index (χ3v) is 3.82. The molecule has 0 radical (unpaired) electrons. The second kappa shape index (κ2) is 6.08. The molecule has 0 aliphatic carbocycles. The minimum absolute atomic E-state index is 0.0571. The van der Waals surface area contributed by atoms with Gasteiger partial charge in [-0.15, -0.1) is 0 Å². The van der Waals surface area contributed by atoms with Crippen LogP contribution in [0.3, 0.4) is 0 Å². The molecule has 0 saturated carbocycles. The normalized spacial score (nSPS) is 13.1. The molecule has 1 aromatic carbocycles. The Balaban J connectivity index is 1.98. The smallest absolute Gasteiger partial charge is 0.238 e. The van der Waals surface area contributed by atoms with Crippen LogP contribution in [0.15, 0.2) is 47.8 Å². The number of benzene rings is 1. The van der Waals surface area contributed by atoms with Crippen LogP contribution in [0.25, 0.3) is 0 Å². The van der Waals surface area contributed by atoms with Gasteiger partial charge in [-0.05, 0) is 24.6 Å². The van der Waals surface area contributed by atoms with Gasteiger partial charge in [-0.2, -0.15) is 0 Å². The predicted octanol–water partition coefficient (Wildman–Crippen LogP) is 0.975. The van der Waals surface area contributed by atoms with Crippen LogP contribution in [0.5, 0.6) is 0 Å². The summed E-state index contributed by atoms with van der Waals surface area (Å²) >= 11 is 0. The molecule has 0 saturated heterocycles. The molecule has 0 bridgehead atoms. The first-order valence-corrected chi connectivity index (χ1v) is 7.62.